The molecule has 0 aromatic heterocycles. The van der Waals surface area contributed by atoms with Crippen LogP contribution in [0.4, 0.5) is 0 Å². The van der Waals surface area contributed by atoms with E-state index < -0.39 is 12.0 Å². The highest BCUT2D eigenvalue weighted by Crippen LogP contribution is 2.02. The van der Waals surface area contributed by atoms with Crippen molar-refractivity contribution in [3.8, 4) is 0 Å². The number of thioether (sulfide) groups is 1. The summed E-state index contributed by atoms with van der Waals surface area (Å²) in [7, 11) is 0. The molecule has 0 aromatic carbocycles. The van der Waals surface area contributed by atoms with Crippen LogP contribution in [-0.2, 0) is 14.3 Å². The van der Waals surface area contributed by atoms with Gasteiger partial charge in [-0.1, -0.05) is 6.08 Å². The molecule has 0 spiro atoms. The quantitative estimate of drug-likeness (QED) is 0.353. The Bertz CT molecular complexity index is 245. The summed E-state index contributed by atoms with van der Waals surface area (Å²) in [6.45, 7) is 3.78. The maximum Gasteiger partial charge on any atom is 0.321 e. The fourth-order valence-corrected chi connectivity index (χ4v) is 1.55. The lowest BCUT2D eigenvalue weighted by Gasteiger charge is -2.06. The number of esters is 1. The molecule has 0 fully saturated rings. The van der Waals surface area contributed by atoms with Crippen molar-refractivity contribution in [2.45, 2.75) is 18.9 Å². The van der Waals surface area contributed by atoms with Gasteiger partial charge in [0, 0.05) is 17.9 Å². The van der Waals surface area contributed by atoms with Crippen molar-refractivity contribution in [1.29, 1.82) is 0 Å². The van der Waals surface area contributed by atoms with Crippen LogP contribution in [0.5, 0.6) is 0 Å². The van der Waals surface area contributed by atoms with Crippen LogP contribution in [0.3, 0.4) is 0 Å². The number of aliphatic carboxylic acids is 1. The zero-order chi connectivity index (χ0) is 12.4. The summed E-state index contributed by atoms with van der Waals surface area (Å²) in [6, 6.07) is -0.860. The highest BCUT2D eigenvalue weighted by Gasteiger charge is 2.10. The van der Waals surface area contributed by atoms with Crippen LogP contribution >= 0.6 is 11.8 Å². The fourth-order valence-electron chi connectivity index (χ4n) is 0.788. The van der Waals surface area contributed by atoms with E-state index in [2.05, 4.69) is 6.58 Å². The van der Waals surface area contributed by atoms with Gasteiger partial charge in [0.1, 0.15) is 12.6 Å². The molecule has 6 heteroatoms. The van der Waals surface area contributed by atoms with Gasteiger partial charge < -0.3 is 15.6 Å². The van der Waals surface area contributed by atoms with Gasteiger partial charge in [-0.2, -0.15) is 11.8 Å². The SMILES string of the molecule is C=CCCC(=O)OCCSC[C@H](N)C(=O)O. The van der Waals surface area contributed by atoms with Gasteiger partial charge in [-0.3, -0.25) is 9.59 Å². The van der Waals surface area contributed by atoms with Gasteiger partial charge >= 0.3 is 11.9 Å². The number of carboxylic acids is 1. The molecule has 0 amide bonds. The molecule has 0 radical (unpaired) electrons. The van der Waals surface area contributed by atoms with Crippen LogP contribution in [0, 0.1) is 0 Å². The van der Waals surface area contributed by atoms with Gasteiger partial charge in [-0.05, 0) is 6.42 Å². The van der Waals surface area contributed by atoms with Gasteiger partial charge in [0.05, 0.1) is 0 Å². The lowest BCUT2D eigenvalue weighted by atomic mass is 10.3. The number of hydrogen-bond acceptors (Lipinski definition) is 5. The van der Waals surface area contributed by atoms with Crippen LogP contribution in [0.2, 0.25) is 0 Å². The molecule has 0 aliphatic heterocycles. The third-order valence-corrected chi connectivity index (χ3v) is 2.71. The van der Waals surface area contributed by atoms with E-state index in [-0.39, 0.29) is 12.6 Å². The second-order valence-corrected chi connectivity index (χ2v) is 4.22. The first-order chi connectivity index (χ1) is 7.57. The van der Waals surface area contributed by atoms with Crippen molar-refractivity contribution < 1.29 is 19.4 Å². The minimum absolute atomic E-state index is 0.261. The number of rotatable bonds is 9. The average Bonchev–Trinajstić information content (AvgIpc) is 2.25. The molecule has 0 heterocycles. The van der Waals surface area contributed by atoms with Crippen molar-refractivity contribution in [3.63, 3.8) is 0 Å². The zero-order valence-electron chi connectivity index (χ0n) is 9.05. The molecule has 0 unspecified atom stereocenters. The van der Waals surface area contributed by atoms with E-state index in [0.29, 0.717) is 24.3 Å². The van der Waals surface area contributed by atoms with Crippen molar-refractivity contribution in [1.82, 2.24) is 0 Å². The maximum atomic E-state index is 11.0. The van der Waals surface area contributed by atoms with E-state index in [1.165, 1.54) is 11.8 Å². The van der Waals surface area contributed by atoms with Gasteiger partial charge in [0.15, 0.2) is 0 Å². The predicted octanol–water partition coefficient (Wildman–Crippen LogP) is 0.641. The molecular formula is C10H17NO4S. The second kappa shape index (κ2) is 9.23. The van der Waals surface area contributed by atoms with Gasteiger partial charge in [0.2, 0.25) is 0 Å². The van der Waals surface area contributed by atoms with Crippen molar-refractivity contribution in [3.05, 3.63) is 12.7 Å². The standard InChI is InChI=1S/C10H17NO4S/c1-2-3-4-9(12)15-5-6-16-7-8(11)10(13)14/h2,8H,1,3-7,11H2,(H,13,14)/t8-/m0/s1. The molecular weight excluding hydrogens is 230 g/mol. The fraction of sp³-hybridized carbons (Fsp3) is 0.600. The van der Waals surface area contributed by atoms with Gasteiger partial charge in [-0.15, -0.1) is 6.58 Å². The first-order valence-corrected chi connectivity index (χ1v) is 6.06. The van der Waals surface area contributed by atoms with Crippen LogP contribution in [0.1, 0.15) is 12.8 Å². The van der Waals surface area contributed by atoms with Crippen LogP contribution in [0.15, 0.2) is 12.7 Å². The number of ether oxygens (including phenoxy) is 1. The summed E-state index contributed by atoms with van der Waals surface area (Å²) in [5.41, 5.74) is 5.29. The molecule has 0 rings (SSSR count). The number of hydrogen-bond donors (Lipinski definition) is 2. The van der Waals surface area contributed by atoms with Crippen molar-refractivity contribution in [2.24, 2.45) is 5.73 Å². The van der Waals surface area contributed by atoms with Crippen LogP contribution < -0.4 is 5.73 Å². The van der Waals surface area contributed by atoms with E-state index in [0.717, 1.165) is 0 Å². The number of carbonyl (C=O) groups is 2. The van der Waals surface area contributed by atoms with E-state index in [1.807, 2.05) is 0 Å². The zero-order valence-corrected chi connectivity index (χ0v) is 9.87. The van der Waals surface area contributed by atoms with E-state index in [9.17, 15) is 9.59 Å². The average molecular weight is 247 g/mol. The molecule has 0 aliphatic rings. The molecule has 0 aliphatic carbocycles. The first kappa shape index (κ1) is 15.0. The Morgan fingerprint density at radius 1 is 1.56 bits per heavy atom. The Balaban J connectivity index is 3.36. The number of nitrogens with two attached hydrogens (primary N) is 1. The Kier molecular flexibility index (Phi) is 8.65. The summed E-state index contributed by atoms with van der Waals surface area (Å²) in [6.07, 6.45) is 2.60. The normalized spacial score (nSPS) is 11.8. The smallest absolute Gasteiger partial charge is 0.321 e. The van der Waals surface area contributed by atoms with Gasteiger partial charge in [-0.25, -0.2) is 0 Å². The molecule has 1 atom stereocenters. The summed E-state index contributed by atoms with van der Waals surface area (Å²) in [5.74, 6) is -0.404. The summed E-state index contributed by atoms with van der Waals surface area (Å²) in [4.78, 5) is 21.4. The minimum Gasteiger partial charge on any atom is -0.480 e. The Morgan fingerprint density at radius 3 is 2.81 bits per heavy atom. The molecule has 0 aromatic rings. The Morgan fingerprint density at radius 2 is 2.25 bits per heavy atom. The Hall–Kier alpha value is -1.01. The minimum atomic E-state index is -1.02. The number of carboxylic acid groups (broad SMARTS) is 1. The lowest BCUT2D eigenvalue weighted by Crippen LogP contribution is -2.32. The number of carbonyl (C=O) groups excluding carboxylic acids is 1. The molecule has 3 N–H and O–H groups in total. The summed E-state index contributed by atoms with van der Waals surface area (Å²) in [5, 5.41) is 8.49. The highest BCUT2D eigenvalue weighted by atomic mass is 32.2. The molecule has 5 nitrogen and oxygen atoms in total. The highest BCUT2D eigenvalue weighted by molar-refractivity contribution is 7.99. The third kappa shape index (κ3) is 8.31. The summed E-state index contributed by atoms with van der Waals surface area (Å²) < 4.78 is 4.89. The maximum absolute atomic E-state index is 11.0. The Labute approximate surface area is 99.0 Å². The molecule has 92 valence electrons. The number of allylic oxidation sites excluding steroid dienone is 1. The van der Waals surface area contributed by atoms with E-state index >= 15 is 0 Å². The van der Waals surface area contributed by atoms with Crippen LogP contribution in [-0.4, -0.2) is 41.2 Å². The molecule has 0 saturated carbocycles. The van der Waals surface area contributed by atoms with Crippen molar-refractivity contribution >= 4 is 23.7 Å². The first-order valence-electron chi connectivity index (χ1n) is 4.90. The second-order valence-electron chi connectivity index (χ2n) is 3.07. The predicted molar refractivity (Wildman–Crippen MR) is 63.3 cm³/mol. The van der Waals surface area contributed by atoms with E-state index in [1.54, 1.807) is 6.08 Å². The molecule has 16 heavy (non-hydrogen) atoms. The van der Waals surface area contributed by atoms with Gasteiger partial charge in [0.25, 0.3) is 0 Å². The molecule has 0 bridgehead atoms. The van der Waals surface area contributed by atoms with Crippen LogP contribution in [0.25, 0.3) is 0 Å². The monoisotopic (exact) mass is 247 g/mol. The molecule has 0 saturated heterocycles. The third-order valence-electron chi connectivity index (χ3n) is 1.66. The van der Waals surface area contributed by atoms with Crippen molar-refractivity contribution in [2.75, 3.05) is 18.1 Å². The van der Waals surface area contributed by atoms with E-state index in [4.69, 9.17) is 15.6 Å². The lowest BCUT2D eigenvalue weighted by molar-refractivity contribution is -0.143. The summed E-state index contributed by atoms with van der Waals surface area (Å²) >= 11 is 1.35. The topological polar surface area (TPSA) is 89.6 Å². The largest absolute Gasteiger partial charge is 0.480 e.